The number of carbonyl (C=O) groups is 1. The minimum atomic E-state index is -4.58. The fourth-order valence-corrected chi connectivity index (χ4v) is 3.86. The highest BCUT2D eigenvalue weighted by Gasteiger charge is 2.31. The summed E-state index contributed by atoms with van der Waals surface area (Å²) in [5.41, 5.74) is 3.65. The molecule has 0 aliphatic heterocycles. The summed E-state index contributed by atoms with van der Waals surface area (Å²) in [6, 6.07) is 10.3. The van der Waals surface area contributed by atoms with Crippen molar-refractivity contribution in [2.45, 2.75) is 26.6 Å². The summed E-state index contributed by atoms with van der Waals surface area (Å²) in [6.07, 6.45) is 3.61. The highest BCUT2D eigenvalue weighted by molar-refractivity contribution is 6.04. The SMILES string of the molecule is Cc1cn(-c2cc(NC(=O)c3ccc(C)c(CNc4cnc5ccnn5c4)c3)cc(C(F)(F)F)c2)cn1. The van der Waals surface area contributed by atoms with Crippen LogP contribution in [-0.4, -0.2) is 30.1 Å². The number of rotatable bonds is 6. The Morgan fingerprint density at radius 2 is 1.84 bits per heavy atom. The van der Waals surface area contributed by atoms with E-state index in [1.165, 1.54) is 17.0 Å². The van der Waals surface area contributed by atoms with Crippen molar-refractivity contribution in [3.8, 4) is 5.69 Å². The van der Waals surface area contributed by atoms with E-state index in [1.807, 2.05) is 6.92 Å². The molecule has 188 valence electrons. The number of carbonyl (C=O) groups excluding carboxylic acids is 1. The normalized spacial score (nSPS) is 11.6. The van der Waals surface area contributed by atoms with Crippen molar-refractivity contribution in [2.75, 3.05) is 10.6 Å². The van der Waals surface area contributed by atoms with Gasteiger partial charge in [-0.3, -0.25) is 4.79 Å². The molecule has 0 fully saturated rings. The van der Waals surface area contributed by atoms with Crippen molar-refractivity contribution in [1.29, 1.82) is 0 Å². The number of anilines is 2. The van der Waals surface area contributed by atoms with E-state index in [2.05, 4.69) is 25.7 Å². The predicted molar refractivity (Wildman–Crippen MR) is 133 cm³/mol. The summed E-state index contributed by atoms with van der Waals surface area (Å²) in [7, 11) is 0. The van der Waals surface area contributed by atoms with Gasteiger partial charge in [0.05, 0.1) is 41.9 Å². The smallest absolute Gasteiger partial charge is 0.378 e. The second-order valence-corrected chi connectivity index (χ2v) is 8.61. The topological polar surface area (TPSA) is 89.1 Å². The third-order valence-electron chi connectivity index (χ3n) is 5.85. The van der Waals surface area contributed by atoms with Crippen LogP contribution in [0.5, 0.6) is 0 Å². The standard InChI is InChI=1S/C26H22F3N7O/c1-16-3-4-18(7-19(16)11-30-22-12-31-24-5-6-33-36(24)14-22)25(37)34-21-8-20(26(27,28)29)9-23(10-21)35-13-17(2)32-15-35/h3-10,12-15,30H,11H2,1-2H3,(H,34,37). The van der Waals surface area contributed by atoms with Crippen LogP contribution in [0, 0.1) is 13.8 Å². The van der Waals surface area contributed by atoms with Crippen LogP contribution in [-0.2, 0) is 12.7 Å². The Labute approximate surface area is 209 Å². The number of aryl methyl sites for hydroxylation is 2. The van der Waals surface area contributed by atoms with Crippen LogP contribution < -0.4 is 10.6 Å². The fraction of sp³-hybridized carbons (Fsp3) is 0.154. The maximum atomic E-state index is 13.6. The van der Waals surface area contributed by atoms with E-state index in [9.17, 15) is 18.0 Å². The Morgan fingerprint density at radius 3 is 2.59 bits per heavy atom. The second kappa shape index (κ2) is 9.41. The van der Waals surface area contributed by atoms with Gasteiger partial charge in [0.15, 0.2) is 5.65 Å². The average Bonchev–Trinajstić information content (AvgIpc) is 3.51. The van der Waals surface area contributed by atoms with Crippen molar-refractivity contribution in [2.24, 2.45) is 0 Å². The molecule has 3 aromatic heterocycles. The summed E-state index contributed by atoms with van der Waals surface area (Å²) in [5.74, 6) is -0.520. The van der Waals surface area contributed by atoms with Gasteiger partial charge in [0, 0.05) is 35.7 Å². The Balaban J connectivity index is 1.37. The van der Waals surface area contributed by atoms with Gasteiger partial charge in [-0.05, 0) is 55.3 Å². The number of halogens is 3. The quantitative estimate of drug-likeness (QED) is 0.322. The molecule has 5 aromatic rings. The van der Waals surface area contributed by atoms with E-state index >= 15 is 0 Å². The van der Waals surface area contributed by atoms with Crippen LogP contribution in [0.15, 0.2) is 73.6 Å². The molecule has 0 atom stereocenters. The number of fused-ring (bicyclic) bond motifs is 1. The zero-order valence-corrected chi connectivity index (χ0v) is 19.9. The summed E-state index contributed by atoms with van der Waals surface area (Å²) in [5, 5.41) is 10.0. The summed E-state index contributed by atoms with van der Waals surface area (Å²) >= 11 is 0. The average molecular weight is 506 g/mol. The van der Waals surface area contributed by atoms with Gasteiger partial charge in [0.1, 0.15) is 0 Å². The number of imidazole rings is 1. The number of nitrogens with one attached hydrogen (secondary N) is 2. The van der Waals surface area contributed by atoms with E-state index in [0.29, 0.717) is 17.8 Å². The van der Waals surface area contributed by atoms with Crippen molar-refractivity contribution >= 4 is 22.9 Å². The molecule has 2 N–H and O–H groups in total. The number of hydrogen-bond acceptors (Lipinski definition) is 5. The third kappa shape index (κ3) is 5.30. The molecular formula is C26H22F3N7O. The molecule has 0 aliphatic carbocycles. The first-order chi connectivity index (χ1) is 17.7. The number of alkyl halides is 3. The third-order valence-corrected chi connectivity index (χ3v) is 5.85. The first-order valence-electron chi connectivity index (χ1n) is 11.3. The van der Waals surface area contributed by atoms with Crippen molar-refractivity contribution in [1.82, 2.24) is 24.1 Å². The zero-order chi connectivity index (χ0) is 26.2. The molecule has 5 rings (SSSR count). The molecule has 0 radical (unpaired) electrons. The summed E-state index contributed by atoms with van der Waals surface area (Å²) < 4.78 is 43.8. The lowest BCUT2D eigenvalue weighted by atomic mass is 10.0. The lowest BCUT2D eigenvalue weighted by molar-refractivity contribution is -0.137. The predicted octanol–water partition coefficient (Wildman–Crippen LogP) is 5.42. The maximum absolute atomic E-state index is 13.6. The van der Waals surface area contributed by atoms with Crippen LogP contribution in [0.1, 0.15) is 32.7 Å². The first-order valence-corrected chi connectivity index (χ1v) is 11.3. The second-order valence-electron chi connectivity index (χ2n) is 8.61. The molecule has 0 saturated heterocycles. The molecule has 0 aliphatic rings. The van der Waals surface area contributed by atoms with Crippen molar-refractivity contribution < 1.29 is 18.0 Å². The highest BCUT2D eigenvalue weighted by Crippen LogP contribution is 2.33. The number of amides is 1. The molecule has 2 aromatic carbocycles. The first kappa shape index (κ1) is 24.0. The molecule has 0 saturated carbocycles. The monoisotopic (exact) mass is 505 g/mol. The number of nitrogens with zero attached hydrogens (tertiary/aromatic N) is 5. The summed E-state index contributed by atoms with van der Waals surface area (Å²) in [6.45, 7) is 4.07. The van der Waals surface area contributed by atoms with Crippen LogP contribution >= 0.6 is 0 Å². The van der Waals surface area contributed by atoms with Gasteiger partial charge < -0.3 is 15.2 Å². The van der Waals surface area contributed by atoms with Crippen molar-refractivity contribution in [3.63, 3.8) is 0 Å². The summed E-state index contributed by atoms with van der Waals surface area (Å²) in [4.78, 5) is 21.4. The van der Waals surface area contributed by atoms with Crippen LogP contribution in [0.25, 0.3) is 11.3 Å². The largest absolute Gasteiger partial charge is 0.416 e. The highest BCUT2D eigenvalue weighted by atomic mass is 19.4. The Bertz CT molecular complexity index is 1600. The molecular weight excluding hydrogens is 483 g/mol. The number of benzene rings is 2. The van der Waals surface area contributed by atoms with E-state index in [-0.39, 0.29) is 11.4 Å². The van der Waals surface area contributed by atoms with Gasteiger partial charge in [0.25, 0.3) is 5.91 Å². The zero-order valence-electron chi connectivity index (χ0n) is 19.9. The van der Waals surface area contributed by atoms with Crippen LogP contribution in [0.4, 0.5) is 24.5 Å². The molecule has 0 spiro atoms. The lowest BCUT2D eigenvalue weighted by Gasteiger charge is -2.14. The number of hydrogen-bond donors (Lipinski definition) is 2. The van der Waals surface area contributed by atoms with Gasteiger partial charge >= 0.3 is 6.18 Å². The van der Waals surface area contributed by atoms with Crippen LogP contribution in [0.3, 0.4) is 0 Å². The van der Waals surface area contributed by atoms with Crippen LogP contribution in [0.2, 0.25) is 0 Å². The minimum absolute atomic E-state index is 0.0278. The molecule has 0 unspecified atom stereocenters. The Morgan fingerprint density at radius 1 is 1.00 bits per heavy atom. The van der Waals surface area contributed by atoms with E-state index < -0.39 is 17.6 Å². The van der Waals surface area contributed by atoms with Gasteiger partial charge in [-0.2, -0.15) is 18.3 Å². The molecule has 8 nitrogen and oxygen atoms in total. The van der Waals surface area contributed by atoms with Gasteiger partial charge in [-0.1, -0.05) is 6.07 Å². The van der Waals surface area contributed by atoms with Gasteiger partial charge in [0.2, 0.25) is 0 Å². The molecule has 11 heteroatoms. The molecule has 1 amide bonds. The lowest BCUT2D eigenvalue weighted by Crippen LogP contribution is -2.15. The molecule has 0 bridgehead atoms. The van der Waals surface area contributed by atoms with Crippen molar-refractivity contribution in [3.05, 3.63) is 102 Å². The van der Waals surface area contributed by atoms with E-state index in [1.54, 1.807) is 60.5 Å². The van der Waals surface area contributed by atoms with E-state index in [0.717, 1.165) is 34.6 Å². The fourth-order valence-electron chi connectivity index (χ4n) is 3.86. The van der Waals surface area contributed by atoms with E-state index in [4.69, 9.17) is 0 Å². The number of aromatic nitrogens is 5. The Kier molecular flexibility index (Phi) is 6.12. The molecule has 37 heavy (non-hydrogen) atoms. The Hall–Kier alpha value is -4.67. The van der Waals surface area contributed by atoms with Gasteiger partial charge in [-0.25, -0.2) is 14.5 Å². The maximum Gasteiger partial charge on any atom is 0.416 e. The molecule has 3 heterocycles. The minimum Gasteiger partial charge on any atom is -0.378 e. The van der Waals surface area contributed by atoms with Gasteiger partial charge in [-0.15, -0.1) is 0 Å².